The molecule has 0 unspecified atom stereocenters. The van der Waals surface area contributed by atoms with Gasteiger partial charge in [-0.05, 0) is 30.3 Å². The second kappa shape index (κ2) is 10.9. The number of aromatic hydroxyl groups is 1. The number of nitrogens with zero attached hydrogens (tertiary/aromatic N) is 1. The van der Waals surface area contributed by atoms with E-state index < -0.39 is 23.9 Å². The second-order valence-corrected chi connectivity index (χ2v) is 5.98. The van der Waals surface area contributed by atoms with Crippen LogP contribution in [0.15, 0.2) is 67.0 Å². The molecule has 0 spiro atoms. The number of carboxylic acids is 2. The van der Waals surface area contributed by atoms with Crippen LogP contribution in [0.1, 0.15) is 38.0 Å². The average molecular weight is 439 g/mol. The molecule has 0 amide bonds. The molecule has 10 nitrogen and oxygen atoms in total. The van der Waals surface area contributed by atoms with E-state index in [0.717, 1.165) is 6.20 Å². The summed E-state index contributed by atoms with van der Waals surface area (Å²) in [5, 5.41) is 26.3. The van der Waals surface area contributed by atoms with Crippen LogP contribution in [0.5, 0.6) is 17.2 Å². The average Bonchev–Trinajstić information content (AvgIpc) is 2.74. The minimum absolute atomic E-state index is 0.0258. The Kier molecular flexibility index (Phi) is 8.00. The summed E-state index contributed by atoms with van der Waals surface area (Å²) >= 11 is 0. The zero-order valence-electron chi connectivity index (χ0n) is 16.6. The molecule has 0 aliphatic heterocycles. The van der Waals surface area contributed by atoms with E-state index in [1.54, 1.807) is 18.2 Å². The predicted octanol–water partition coefficient (Wildman–Crippen LogP) is 3.01. The van der Waals surface area contributed by atoms with E-state index in [1.165, 1.54) is 49.5 Å². The van der Waals surface area contributed by atoms with Crippen molar-refractivity contribution in [3.05, 3.63) is 83.7 Å². The van der Waals surface area contributed by atoms with Crippen molar-refractivity contribution in [2.24, 2.45) is 0 Å². The number of aromatic carboxylic acids is 2. The highest BCUT2D eigenvalue weighted by molar-refractivity contribution is 5.97. The molecule has 0 saturated carbocycles. The molecule has 0 radical (unpaired) electrons. The van der Waals surface area contributed by atoms with Gasteiger partial charge in [0.2, 0.25) is 0 Å². The Morgan fingerprint density at radius 3 is 1.78 bits per heavy atom. The van der Waals surface area contributed by atoms with E-state index >= 15 is 0 Å². The number of carboxylic acid groups (broad SMARTS) is 2. The van der Waals surface area contributed by atoms with Crippen LogP contribution in [0.2, 0.25) is 0 Å². The minimum atomic E-state index is -1.21. The Morgan fingerprint density at radius 1 is 0.750 bits per heavy atom. The van der Waals surface area contributed by atoms with Crippen molar-refractivity contribution in [2.45, 2.75) is 6.92 Å². The van der Waals surface area contributed by atoms with Gasteiger partial charge in [-0.15, -0.1) is 0 Å². The topological polar surface area (TPSA) is 160 Å². The number of benzene rings is 2. The van der Waals surface area contributed by atoms with Gasteiger partial charge in [-0.1, -0.05) is 24.3 Å². The van der Waals surface area contributed by atoms with E-state index in [-0.39, 0.29) is 33.9 Å². The summed E-state index contributed by atoms with van der Waals surface area (Å²) in [5.41, 5.74) is -0.242. The number of carbonyl (C=O) groups is 4. The molecule has 2 aromatic carbocycles. The number of carbonyl (C=O) groups excluding carboxylic acids is 2. The number of rotatable bonds is 5. The maximum Gasteiger partial charge on any atom is 0.347 e. The van der Waals surface area contributed by atoms with Gasteiger partial charge < -0.3 is 24.8 Å². The standard InChI is InChI=1S/C16H12O6.C6H5NO3/c1-10(17)21-14-9-5-3-7-12(14)16(20)22-13-8-4-2-6-11(13)15(18)19;8-5-3-7-2-1-4(5)6(9)10/h2-9H,1H3,(H,18,19);1-3,8H,(H,9,10). The maximum absolute atomic E-state index is 12.2. The lowest BCUT2D eigenvalue weighted by Crippen LogP contribution is -2.14. The highest BCUT2D eigenvalue weighted by atomic mass is 16.6. The van der Waals surface area contributed by atoms with Crippen molar-refractivity contribution in [1.82, 2.24) is 4.98 Å². The summed E-state index contributed by atoms with van der Waals surface area (Å²) in [6, 6.07) is 13.0. The summed E-state index contributed by atoms with van der Waals surface area (Å²) in [6.45, 7) is 1.21. The Bertz CT molecular complexity index is 1160. The predicted molar refractivity (Wildman–Crippen MR) is 109 cm³/mol. The van der Waals surface area contributed by atoms with Gasteiger partial charge in [-0.25, -0.2) is 14.4 Å². The number of hydrogen-bond acceptors (Lipinski definition) is 8. The molecule has 0 aliphatic rings. The molecule has 0 bridgehead atoms. The summed E-state index contributed by atoms with van der Waals surface area (Å²) in [5.74, 6) is -4.10. The second-order valence-electron chi connectivity index (χ2n) is 5.98. The zero-order chi connectivity index (χ0) is 23.7. The van der Waals surface area contributed by atoms with Crippen LogP contribution in [0.3, 0.4) is 0 Å². The number of esters is 2. The smallest absolute Gasteiger partial charge is 0.347 e. The summed E-state index contributed by atoms with van der Waals surface area (Å²) in [7, 11) is 0. The Balaban J connectivity index is 0.000000303. The van der Waals surface area contributed by atoms with Crippen LogP contribution in [0, 0.1) is 0 Å². The first-order chi connectivity index (χ1) is 15.2. The Hall–Kier alpha value is -4.73. The molecule has 3 N–H and O–H groups in total. The molecule has 164 valence electrons. The first-order valence-electron chi connectivity index (χ1n) is 8.89. The van der Waals surface area contributed by atoms with Crippen molar-refractivity contribution < 1.29 is 44.0 Å². The van der Waals surface area contributed by atoms with Gasteiger partial charge in [0, 0.05) is 13.1 Å². The third kappa shape index (κ3) is 6.39. The summed E-state index contributed by atoms with van der Waals surface area (Å²) in [6.07, 6.45) is 2.40. The van der Waals surface area contributed by atoms with Crippen LogP contribution in [-0.2, 0) is 4.79 Å². The normalized spacial score (nSPS) is 9.66. The number of aromatic nitrogens is 1. The number of pyridine rings is 1. The van der Waals surface area contributed by atoms with Crippen LogP contribution in [-0.4, -0.2) is 44.2 Å². The quantitative estimate of drug-likeness (QED) is 0.398. The van der Waals surface area contributed by atoms with Gasteiger partial charge in [-0.2, -0.15) is 0 Å². The molecule has 0 atom stereocenters. The molecule has 0 fully saturated rings. The molecule has 0 aliphatic carbocycles. The van der Waals surface area contributed by atoms with Crippen LogP contribution in [0.4, 0.5) is 0 Å². The maximum atomic E-state index is 12.2. The largest absolute Gasteiger partial charge is 0.505 e. The fourth-order valence-electron chi connectivity index (χ4n) is 2.33. The lowest BCUT2D eigenvalue weighted by molar-refractivity contribution is -0.131. The van der Waals surface area contributed by atoms with Gasteiger partial charge >= 0.3 is 23.9 Å². The number of para-hydroxylation sites is 2. The van der Waals surface area contributed by atoms with Crippen molar-refractivity contribution in [3.8, 4) is 17.2 Å². The number of hydrogen-bond donors (Lipinski definition) is 3. The fourth-order valence-corrected chi connectivity index (χ4v) is 2.33. The highest BCUT2D eigenvalue weighted by Crippen LogP contribution is 2.23. The molecule has 0 saturated heterocycles. The first-order valence-corrected chi connectivity index (χ1v) is 8.89. The van der Waals surface area contributed by atoms with E-state index in [4.69, 9.17) is 24.8 Å². The Morgan fingerprint density at radius 2 is 1.28 bits per heavy atom. The molecular formula is C22H17NO9. The molecule has 3 rings (SSSR count). The van der Waals surface area contributed by atoms with Gasteiger partial charge in [-0.3, -0.25) is 9.78 Å². The SMILES string of the molecule is CC(=O)Oc1ccccc1C(=O)Oc1ccccc1C(=O)O.O=C(O)c1ccncc1O. The highest BCUT2D eigenvalue weighted by Gasteiger charge is 2.19. The van der Waals surface area contributed by atoms with Crippen LogP contribution < -0.4 is 9.47 Å². The fraction of sp³-hybridized carbons (Fsp3) is 0.0455. The molecule has 32 heavy (non-hydrogen) atoms. The van der Waals surface area contributed by atoms with Crippen molar-refractivity contribution >= 4 is 23.9 Å². The van der Waals surface area contributed by atoms with Crippen LogP contribution >= 0.6 is 0 Å². The molecule has 10 heteroatoms. The zero-order valence-corrected chi connectivity index (χ0v) is 16.6. The van der Waals surface area contributed by atoms with E-state index in [0.29, 0.717) is 0 Å². The van der Waals surface area contributed by atoms with Crippen molar-refractivity contribution in [3.63, 3.8) is 0 Å². The minimum Gasteiger partial charge on any atom is -0.505 e. The third-order valence-electron chi connectivity index (χ3n) is 3.71. The van der Waals surface area contributed by atoms with Gasteiger partial charge in [0.15, 0.2) is 0 Å². The van der Waals surface area contributed by atoms with E-state index in [2.05, 4.69) is 4.98 Å². The monoisotopic (exact) mass is 439 g/mol. The summed E-state index contributed by atoms with van der Waals surface area (Å²) < 4.78 is 10.0. The lowest BCUT2D eigenvalue weighted by atomic mass is 10.2. The first kappa shape index (κ1) is 23.5. The van der Waals surface area contributed by atoms with Gasteiger partial charge in [0.05, 0.1) is 6.20 Å². The third-order valence-corrected chi connectivity index (χ3v) is 3.71. The molecule has 1 heterocycles. The lowest BCUT2D eigenvalue weighted by Gasteiger charge is -2.10. The van der Waals surface area contributed by atoms with Crippen LogP contribution in [0.25, 0.3) is 0 Å². The van der Waals surface area contributed by atoms with Gasteiger partial charge in [0.1, 0.15) is 33.9 Å². The molecule has 3 aromatic rings. The van der Waals surface area contributed by atoms with Crippen molar-refractivity contribution in [1.29, 1.82) is 0 Å². The molecular weight excluding hydrogens is 422 g/mol. The summed E-state index contributed by atoms with van der Waals surface area (Å²) in [4.78, 5) is 48.1. The van der Waals surface area contributed by atoms with E-state index in [9.17, 15) is 19.2 Å². The van der Waals surface area contributed by atoms with Gasteiger partial charge in [0.25, 0.3) is 0 Å². The molecule has 1 aromatic heterocycles. The number of ether oxygens (including phenoxy) is 2. The van der Waals surface area contributed by atoms with Crippen molar-refractivity contribution in [2.75, 3.05) is 0 Å². The van der Waals surface area contributed by atoms with E-state index in [1.807, 2.05) is 0 Å². The Labute approximate surface area is 181 Å².